The summed E-state index contributed by atoms with van der Waals surface area (Å²) in [6, 6.07) is 0.275. The fourth-order valence-electron chi connectivity index (χ4n) is 1.14. The molecule has 0 aromatic carbocycles. The number of pyridine rings is 1. The van der Waals surface area contributed by atoms with E-state index in [0.717, 1.165) is 6.92 Å². The molecule has 18 heavy (non-hydrogen) atoms. The van der Waals surface area contributed by atoms with E-state index in [9.17, 15) is 32.1 Å². The van der Waals surface area contributed by atoms with Crippen molar-refractivity contribution in [3.63, 3.8) is 0 Å². The molecule has 10 heteroatoms. The summed E-state index contributed by atoms with van der Waals surface area (Å²) in [6.45, 7) is 1.03. The number of hydrogen-bond acceptors (Lipinski definition) is 4. The molecular weight excluding hydrogens is 267 g/mol. The molecule has 1 heterocycles. The highest BCUT2D eigenvalue weighted by Crippen LogP contribution is 2.35. The smallest absolute Gasteiger partial charge is 0.403 e. The second-order valence-corrected chi connectivity index (χ2v) is 3.08. The molecule has 1 aromatic rings. The van der Waals surface area contributed by atoms with E-state index >= 15 is 0 Å². The summed E-state index contributed by atoms with van der Waals surface area (Å²) >= 11 is 0. The summed E-state index contributed by atoms with van der Waals surface area (Å²) in [4.78, 5) is 12.5. The number of nitrogens with zero attached hydrogens (tertiary/aromatic N) is 2. The highest BCUT2D eigenvalue weighted by atomic mass is 19.4. The Morgan fingerprint density at radius 3 is 2.39 bits per heavy atom. The van der Waals surface area contributed by atoms with Crippen LogP contribution in [0.25, 0.3) is 0 Å². The summed E-state index contributed by atoms with van der Waals surface area (Å²) in [6.07, 6.45) is -8.59. The van der Waals surface area contributed by atoms with Crippen molar-refractivity contribution in [3.8, 4) is 5.75 Å². The molecule has 0 aliphatic rings. The van der Waals surface area contributed by atoms with E-state index in [4.69, 9.17) is 0 Å². The van der Waals surface area contributed by atoms with Crippen molar-refractivity contribution >= 4 is 5.69 Å². The average molecular weight is 272 g/mol. The lowest BCUT2D eigenvalue weighted by atomic mass is 10.2. The molecular formula is C8H5F5N2O3. The van der Waals surface area contributed by atoms with Crippen LogP contribution in [0, 0.1) is 17.0 Å². The van der Waals surface area contributed by atoms with Crippen LogP contribution in [-0.4, -0.2) is 16.3 Å². The van der Waals surface area contributed by atoms with Crippen LogP contribution >= 0.6 is 0 Å². The molecule has 0 spiro atoms. The van der Waals surface area contributed by atoms with Crippen LogP contribution in [0.5, 0.6) is 5.75 Å². The van der Waals surface area contributed by atoms with Gasteiger partial charge in [0.2, 0.25) is 0 Å². The Morgan fingerprint density at radius 1 is 1.44 bits per heavy atom. The van der Waals surface area contributed by atoms with Crippen molar-refractivity contribution in [1.29, 1.82) is 0 Å². The van der Waals surface area contributed by atoms with Gasteiger partial charge in [-0.2, -0.15) is 0 Å². The zero-order chi connectivity index (χ0) is 14.1. The van der Waals surface area contributed by atoms with Gasteiger partial charge < -0.3 is 4.74 Å². The average Bonchev–Trinajstić information content (AvgIpc) is 2.17. The predicted molar refractivity (Wildman–Crippen MR) is 47.3 cm³/mol. The Labute approximate surface area is 96.3 Å². The molecule has 0 aliphatic carbocycles. The Kier molecular flexibility index (Phi) is 3.67. The Balaban J connectivity index is 3.35. The van der Waals surface area contributed by atoms with Crippen LogP contribution in [0.15, 0.2) is 6.07 Å². The molecule has 100 valence electrons. The number of nitro groups is 1. The summed E-state index contributed by atoms with van der Waals surface area (Å²) in [5.74, 6) is -1.38. The molecule has 1 aromatic heterocycles. The van der Waals surface area contributed by atoms with Crippen LogP contribution in [0.3, 0.4) is 0 Å². The van der Waals surface area contributed by atoms with Gasteiger partial charge in [0.15, 0.2) is 5.75 Å². The fourth-order valence-corrected chi connectivity index (χ4v) is 1.14. The SMILES string of the molecule is Cc1nc(C(F)F)c(OC(F)(F)F)cc1[N+](=O)[O-]. The first-order chi connectivity index (χ1) is 8.11. The monoisotopic (exact) mass is 272 g/mol. The molecule has 0 fully saturated rings. The van der Waals surface area contributed by atoms with Crippen molar-refractivity contribution in [2.45, 2.75) is 19.7 Å². The highest BCUT2D eigenvalue weighted by molar-refractivity contribution is 5.44. The van der Waals surface area contributed by atoms with Crippen LogP contribution < -0.4 is 4.74 Å². The molecule has 5 nitrogen and oxygen atoms in total. The minimum Gasteiger partial charge on any atom is -0.403 e. The van der Waals surface area contributed by atoms with Crippen LogP contribution in [0.1, 0.15) is 17.8 Å². The maximum atomic E-state index is 12.4. The van der Waals surface area contributed by atoms with E-state index in [1.165, 1.54) is 0 Å². The molecule has 1 rings (SSSR count). The van der Waals surface area contributed by atoms with Gasteiger partial charge in [-0.15, -0.1) is 13.2 Å². The van der Waals surface area contributed by atoms with Gasteiger partial charge in [0, 0.05) is 0 Å². The Morgan fingerprint density at radius 2 is 2.00 bits per heavy atom. The van der Waals surface area contributed by atoms with E-state index < -0.39 is 40.5 Å². The molecule has 0 aliphatic heterocycles. The van der Waals surface area contributed by atoms with Gasteiger partial charge in [-0.25, -0.2) is 13.8 Å². The highest BCUT2D eigenvalue weighted by Gasteiger charge is 2.35. The van der Waals surface area contributed by atoms with E-state index in [2.05, 4.69) is 9.72 Å². The standard InChI is InChI=1S/C8H5F5N2O3/c1-3-4(15(16)17)2-5(18-8(11,12)13)6(14-3)7(9)10/h2,7H,1H3. The second-order valence-electron chi connectivity index (χ2n) is 3.08. The molecule has 0 saturated carbocycles. The van der Waals surface area contributed by atoms with Gasteiger partial charge in [0.05, 0.1) is 11.0 Å². The van der Waals surface area contributed by atoms with Crippen LogP contribution in [-0.2, 0) is 0 Å². The summed E-state index contributed by atoms with van der Waals surface area (Å²) < 4.78 is 64.0. The summed E-state index contributed by atoms with van der Waals surface area (Å²) in [5, 5.41) is 10.5. The number of alkyl halides is 5. The third kappa shape index (κ3) is 3.25. The van der Waals surface area contributed by atoms with E-state index in [-0.39, 0.29) is 6.07 Å². The minimum absolute atomic E-state index is 0.275. The molecule has 0 radical (unpaired) electrons. The summed E-state index contributed by atoms with van der Waals surface area (Å²) in [5.41, 5.74) is -2.56. The zero-order valence-electron chi connectivity index (χ0n) is 8.66. The van der Waals surface area contributed by atoms with Gasteiger partial charge >= 0.3 is 6.36 Å². The summed E-state index contributed by atoms with van der Waals surface area (Å²) in [7, 11) is 0. The van der Waals surface area contributed by atoms with Gasteiger partial charge in [-0.05, 0) is 6.92 Å². The number of rotatable bonds is 3. The first kappa shape index (κ1) is 14.1. The van der Waals surface area contributed by atoms with Gasteiger partial charge in [0.25, 0.3) is 12.1 Å². The lowest BCUT2D eigenvalue weighted by Gasteiger charge is -2.12. The first-order valence-electron chi connectivity index (χ1n) is 4.31. The predicted octanol–water partition coefficient (Wildman–Crippen LogP) is 3.13. The van der Waals surface area contributed by atoms with Crippen LogP contribution in [0.2, 0.25) is 0 Å². The molecule has 0 N–H and O–H groups in total. The fraction of sp³-hybridized carbons (Fsp3) is 0.375. The van der Waals surface area contributed by atoms with Crippen LogP contribution in [0.4, 0.5) is 27.6 Å². The molecule has 0 saturated heterocycles. The number of aromatic nitrogens is 1. The third-order valence-corrected chi connectivity index (χ3v) is 1.81. The normalized spacial score (nSPS) is 11.7. The van der Waals surface area contributed by atoms with Gasteiger partial charge in [-0.1, -0.05) is 0 Å². The lowest BCUT2D eigenvalue weighted by Crippen LogP contribution is -2.19. The lowest BCUT2D eigenvalue weighted by molar-refractivity contribution is -0.386. The number of ether oxygens (including phenoxy) is 1. The van der Waals surface area contributed by atoms with Crippen molar-refractivity contribution in [2.24, 2.45) is 0 Å². The van der Waals surface area contributed by atoms with Crippen molar-refractivity contribution in [1.82, 2.24) is 4.98 Å². The van der Waals surface area contributed by atoms with E-state index in [1.54, 1.807) is 0 Å². The quantitative estimate of drug-likeness (QED) is 0.481. The van der Waals surface area contributed by atoms with Gasteiger partial charge in [0.1, 0.15) is 11.4 Å². The zero-order valence-corrected chi connectivity index (χ0v) is 8.66. The minimum atomic E-state index is -5.24. The molecule has 0 amide bonds. The maximum absolute atomic E-state index is 12.4. The largest absolute Gasteiger partial charge is 0.573 e. The molecule has 0 atom stereocenters. The van der Waals surface area contributed by atoms with E-state index in [0.29, 0.717) is 0 Å². The number of aryl methyl sites for hydroxylation is 1. The number of hydrogen-bond donors (Lipinski definition) is 0. The van der Waals surface area contributed by atoms with Gasteiger partial charge in [-0.3, -0.25) is 10.1 Å². The number of halogens is 5. The molecule has 0 unspecified atom stereocenters. The maximum Gasteiger partial charge on any atom is 0.573 e. The Hall–Kier alpha value is -2.00. The first-order valence-corrected chi connectivity index (χ1v) is 4.31. The Bertz CT molecular complexity index is 475. The second kappa shape index (κ2) is 4.70. The van der Waals surface area contributed by atoms with Crippen molar-refractivity contribution < 1.29 is 31.6 Å². The third-order valence-electron chi connectivity index (χ3n) is 1.81. The topological polar surface area (TPSA) is 65.3 Å². The van der Waals surface area contributed by atoms with Crippen molar-refractivity contribution in [3.05, 3.63) is 27.6 Å². The van der Waals surface area contributed by atoms with Crippen molar-refractivity contribution in [2.75, 3.05) is 0 Å². The molecule has 0 bridgehead atoms. The van der Waals surface area contributed by atoms with E-state index in [1.807, 2.05) is 0 Å².